The molecule has 2 aliphatic heterocycles. The molecule has 0 bridgehead atoms. The van der Waals surface area contributed by atoms with Gasteiger partial charge in [0.05, 0.1) is 0 Å². The van der Waals surface area contributed by atoms with Crippen LogP contribution in [0.1, 0.15) is 26.3 Å². The van der Waals surface area contributed by atoms with Gasteiger partial charge < -0.3 is 14.2 Å². The van der Waals surface area contributed by atoms with Gasteiger partial charge in [0.2, 0.25) is 0 Å². The molecule has 5 heteroatoms. The van der Waals surface area contributed by atoms with Crippen LogP contribution in [0.2, 0.25) is 5.02 Å². The summed E-state index contributed by atoms with van der Waals surface area (Å²) in [7, 11) is 0. The van der Waals surface area contributed by atoms with Crippen molar-refractivity contribution in [2.45, 2.75) is 26.2 Å². The third-order valence-electron chi connectivity index (χ3n) is 13.1. The van der Waals surface area contributed by atoms with Crippen molar-refractivity contribution in [3.63, 3.8) is 0 Å². The van der Waals surface area contributed by atoms with E-state index in [0.717, 1.165) is 55.8 Å². The lowest BCUT2D eigenvalue weighted by Gasteiger charge is -2.45. The first kappa shape index (κ1) is 37.5. The second-order valence-corrected chi connectivity index (χ2v) is 18.3. The number of fused-ring (bicyclic) bond motifs is 7. The van der Waals surface area contributed by atoms with E-state index >= 15 is 0 Å². The largest absolute Gasteiger partial charge is 0.455 e. The van der Waals surface area contributed by atoms with Crippen LogP contribution >= 0.6 is 11.6 Å². The Morgan fingerprint density at radius 2 is 1.02 bits per heavy atom. The van der Waals surface area contributed by atoms with Crippen molar-refractivity contribution in [1.29, 1.82) is 0 Å². The average Bonchev–Trinajstić information content (AvgIpc) is 3.71. The van der Waals surface area contributed by atoms with Gasteiger partial charge in [-0.25, -0.2) is 0 Å². The van der Waals surface area contributed by atoms with Crippen LogP contribution in [0.4, 0.5) is 34.1 Å². The van der Waals surface area contributed by atoms with Crippen molar-refractivity contribution < 1.29 is 4.42 Å². The molecule has 300 valence electrons. The van der Waals surface area contributed by atoms with Gasteiger partial charge in [-0.1, -0.05) is 172 Å². The van der Waals surface area contributed by atoms with E-state index in [2.05, 4.69) is 219 Å². The Kier molecular flexibility index (Phi) is 8.57. The number of hydrogen-bond acceptors (Lipinski definition) is 3. The molecule has 2 aliphatic rings. The second-order valence-electron chi connectivity index (χ2n) is 17.9. The van der Waals surface area contributed by atoms with Gasteiger partial charge in [-0.05, 0) is 116 Å². The van der Waals surface area contributed by atoms with Gasteiger partial charge in [0.15, 0.2) is 0 Å². The number of anilines is 6. The molecule has 63 heavy (non-hydrogen) atoms. The lowest BCUT2D eigenvalue weighted by Crippen LogP contribution is -2.61. The van der Waals surface area contributed by atoms with Gasteiger partial charge in [-0.2, -0.15) is 0 Å². The third-order valence-corrected chi connectivity index (χ3v) is 13.3. The predicted octanol–water partition coefficient (Wildman–Crippen LogP) is 14.6. The Morgan fingerprint density at radius 3 is 1.70 bits per heavy atom. The fourth-order valence-corrected chi connectivity index (χ4v) is 10.1. The SMILES string of the molecule is CC(C)(C)c1cc2c3c(c1)N(c1ccc(-c4cccc5c4oc4ccccc45)cc1)c1cc(Cl)ccc1B3c1cc(-c3ccccc3)ccc1N2c1ccc(-c2ccccc2)cc1. The zero-order valence-corrected chi connectivity index (χ0v) is 36.1. The number of furan rings is 1. The Morgan fingerprint density at radius 1 is 0.444 bits per heavy atom. The van der Waals surface area contributed by atoms with Crippen molar-refractivity contribution in [2.75, 3.05) is 9.80 Å². The molecule has 0 amide bonds. The molecule has 0 saturated carbocycles. The van der Waals surface area contributed by atoms with Gasteiger partial charge in [0.25, 0.3) is 6.71 Å². The summed E-state index contributed by atoms with van der Waals surface area (Å²) in [4.78, 5) is 4.94. The Hall–Kier alpha value is -7.27. The molecule has 1 aromatic heterocycles. The number of rotatable bonds is 5. The summed E-state index contributed by atoms with van der Waals surface area (Å²) in [5.74, 6) is 0. The Labute approximate surface area is 373 Å². The van der Waals surface area contributed by atoms with Crippen LogP contribution in [-0.2, 0) is 5.41 Å². The van der Waals surface area contributed by atoms with Crippen LogP contribution in [0.3, 0.4) is 0 Å². The van der Waals surface area contributed by atoms with Crippen molar-refractivity contribution in [1.82, 2.24) is 0 Å². The zero-order valence-electron chi connectivity index (χ0n) is 35.3. The molecule has 9 aromatic carbocycles. The molecule has 0 unspecified atom stereocenters. The van der Waals surface area contributed by atoms with Crippen LogP contribution in [0.15, 0.2) is 205 Å². The van der Waals surface area contributed by atoms with Crippen molar-refractivity contribution >= 4 is 90.8 Å². The first-order valence-corrected chi connectivity index (χ1v) is 22.1. The smallest absolute Gasteiger partial charge is 0.252 e. The molecule has 10 aromatic rings. The van der Waals surface area contributed by atoms with Crippen molar-refractivity contribution in [2.24, 2.45) is 0 Å². The van der Waals surface area contributed by atoms with Crippen LogP contribution in [0.25, 0.3) is 55.3 Å². The highest BCUT2D eigenvalue weighted by Gasteiger charge is 2.44. The number of hydrogen-bond donors (Lipinski definition) is 0. The van der Waals surface area contributed by atoms with Gasteiger partial charge in [-0.3, -0.25) is 0 Å². The van der Waals surface area contributed by atoms with E-state index in [-0.39, 0.29) is 12.1 Å². The standard InChI is InChI=1S/C58H42BClN2O/c1-58(2,3)42-34-53-56-54(35-42)62(45-29-23-40(24-30-45)46-18-12-19-48-47-17-10-11-20-55(47)63-57(46)48)52-36-43(60)26-31-49(52)59(56)50-33-41(38-15-8-5-9-16-38)25-32-51(50)61(53)44-27-21-39(22-28-44)37-13-6-4-7-14-37/h4-36H,1-3H3. The van der Waals surface area contributed by atoms with E-state index < -0.39 is 0 Å². The second kappa shape index (κ2) is 14.4. The fourth-order valence-electron chi connectivity index (χ4n) is 9.97. The summed E-state index contributed by atoms with van der Waals surface area (Å²) < 4.78 is 6.49. The first-order valence-electron chi connectivity index (χ1n) is 21.7. The Balaban J connectivity index is 1.09. The highest BCUT2D eigenvalue weighted by Crippen LogP contribution is 2.47. The minimum Gasteiger partial charge on any atom is -0.455 e. The summed E-state index contributed by atoms with van der Waals surface area (Å²) >= 11 is 7.01. The van der Waals surface area contributed by atoms with Crippen LogP contribution < -0.4 is 26.2 Å². The molecule has 0 N–H and O–H groups in total. The lowest BCUT2D eigenvalue weighted by atomic mass is 9.33. The van der Waals surface area contributed by atoms with Gasteiger partial charge >= 0.3 is 0 Å². The highest BCUT2D eigenvalue weighted by atomic mass is 35.5. The van der Waals surface area contributed by atoms with E-state index in [4.69, 9.17) is 16.0 Å². The first-order chi connectivity index (χ1) is 30.8. The average molecular weight is 829 g/mol. The summed E-state index contributed by atoms with van der Waals surface area (Å²) in [6, 6.07) is 72.5. The topological polar surface area (TPSA) is 19.6 Å². The van der Waals surface area contributed by atoms with E-state index in [1.54, 1.807) is 0 Å². The van der Waals surface area contributed by atoms with E-state index in [1.807, 2.05) is 12.1 Å². The number of para-hydroxylation sites is 2. The summed E-state index contributed by atoms with van der Waals surface area (Å²) in [5, 5.41) is 2.96. The molecule has 0 saturated heterocycles. The molecule has 0 atom stereocenters. The van der Waals surface area contributed by atoms with Crippen molar-refractivity contribution in [3.8, 4) is 33.4 Å². The fraction of sp³-hybridized carbons (Fsp3) is 0.0690. The predicted molar refractivity (Wildman–Crippen MR) is 268 cm³/mol. The van der Waals surface area contributed by atoms with Gasteiger partial charge in [0, 0.05) is 55.5 Å². The highest BCUT2D eigenvalue weighted by molar-refractivity contribution is 7.00. The molecule has 0 radical (unpaired) electrons. The van der Waals surface area contributed by atoms with Crippen LogP contribution in [-0.4, -0.2) is 6.71 Å². The normalized spacial score (nSPS) is 13.0. The molecule has 0 spiro atoms. The van der Waals surface area contributed by atoms with Crippen molar-refractivity contribution in [3.05, 3.63) is 211 Å². The molecule has 12 rings (SSSR count). The minimum absolute atomic E-state index is 0.0454. The van der Waals surface area contributed by atoms with E-state index in [1.165, 1.54) is 55.6 Å². The molecular weight excluding hydrogens is 787 g/mol. The molecule has 3 heterocycles. The maximum Gasteiger partial charge on any atom is 0.252 e. The maximum atomic E-state index is 7.01. The van der Waals surface area contributed by atoms with Gasteiger partial charge in [0.1, 0.15) is 11.2 Å². The quantitative estimate of drug-likeness (QED) is 0.161. The summed E-state index contributed by atoms with van der Waals surface area (Å²) in [5.41, 5.74) is 20.4. The molecule has 3 nitrogen and oxygen atoms in total. The summed E-state index contributed by atoms with van der Waals surface area (Å²) in [6.07, 6.45) is 0. The van der Waals surface area contributed by atoms with Crippen LogP contribution in [0, 0.1) is 0 Å². The Bertz CT molecular complexity index is 3390. The lowest BCUT2D eigenvalue weighted by molar-refractivity contribution is 0.590. The monoisotopic (exact) mass is 828 g/mol. The third kappa shape index (κ3) is 6.12. The number of nitrogens with zero attached hydrogens (tertiary/aromatic N) is 2. The molecule has 0 aliphatic carbocycles. The van der Waals surface area contributed by atoms with E-state index in [0.29, 0.717) is 5.02 Å². The minimum atomic E-state index is -0.142. The molecule has 0 fully saturated rings. The van der Waals surface area contributed by atoms with Crippen LogP contribution in [0.5, 0.6) is 0 Å². The molecular formula is C58H42BClN2O. The number of halogens is 1. The zero-order chi connectivity index (χ0) is 42.4. The maximum absolute atomic E-state index is 7.01. The van der Waals surface area contributed by atoms with E-state index in [9.17, 15) is 0 Å². The number of benzene rings is 9. The van der Waals surface area contributed by atoms with Gasteiger partial charge in [-0.15, -0.1) is 0 Å². The summed E-state index contributed by atoms with van der Waals surface area (Å²) in [6.45, 7) is 6.89.